The topological polar surface area (TPSA) is 66.5 Å². The number of hydrogen-bond acceptors (Lipinski definition) is 3. The Balaban J connectivity index is 1.72. The molecule has 10 heteroatoms. The predicted molar refractivity (Wildman–Crippen MR) is 115 cm³/mol. The van der Waals surface area contributed by atoms with Crippen LogP contribution in [0.2, 0.25) is 5.02 Å². The van der Waals surface area contributed by atoms with Crippen molar-refractivity contribution in [2.45, 2.75) is 37.3 Å². The second-order valence-corrected chi connectivity index (χ2v) is 10.6. The molecule has 1 saturated heterocycles. The lowest BCUT2D eigenvalue weighted by atomic mass is 9.95. The first-order valence-corrected chi connectivity index (χ1v) is 12.4. The number of likely N-dealkylation sites (tertiary alicyclic amines) is 1. The maximum Gasteiger partial charge on any atom is 0.283 e. The molecule has 0 bridgehead atoms. The van der Waals surface area contributed by atoms with Gasteiger partial charge in [0.15, 0.2) is 0 Å². The smallest absolute Gasteiger partial charge is 0.283 e. The van der Waals surface area contributed by atoms with Crippen LogP contribution in [-0.2, 0) is 21.2 Å². The number of carbonyl (C=O) groups is 1. The van der Waals surface area contributed by atoms with E-state index in [0.717, 1.165) is 11.2 Å². The predicted octanol–water partition coefficient (Wildman–Crippen LogP) is 3.86. The fraction of sp³-hybridized carbons (Fsp3) is 0.409. The zero-order chi connectivity index (χ0) is 23.3. The molecular formula is C22H22ClF3N2O3S. The Kier molecular flexibility index (Phi) is 6.02. The molecular weight excluding hydrogens is 465 g/mol. The molecule has 4 rings (SSSR count). The van der Waals surface area contributed by atoms with Crippen LogP contribution < -0.4 is 4.72 Å². The molecule has 1 N–H and O–H groups in total. The molecule has 2 aliphatic rings. The molecule has 0 aromatic heterocycles. The number of nitrogens with zero attached hydrogens (tertiary/aromatic N) is 1. The Bertz CT molecular complexity index is 1150. The number of alkyl halides is 2. The molecule has 2 fully saturated rings. The van der Waals surface area contributed by atoms with E-state index in [1.54, 1.807) is 36.4 Å². The van der Waals surface area contributed by atoms with Crippen molar-refractivity contribution >= 4 is 27.5 Å². The van der Waals surface area contributed by atoms with Gasteiger partial charge in [-0.05, 0) is 42.5 Å². The van der Waals surface area contributed by atoms with E-state index in [0.29, 0.717) is 23.4 Å². The van der Waals surface area contributed by atoms with Crippen LogP contribution in [0, 0.1) is 11.7 Å². The fourth-order valence-electron chi connectivity index (χ4n) is 4.18. The van der Waals surface area contributed by atoms with E-state index in [4.69, 9.17) is 11.6 Å². The van der Waals surface area contributed by atoms with Gasteiger partial charge in [0.05, 0.1) is 18.8 Å². The highest BCUT2D eigenvalue weighted by Gasteiger charge is 2.58. The number of halogens is 4. The normalized spacial score (nSPS) is 22.8. The summed E-state index contributed by atoms with van der Waals surface area (Å²) in [7, 11) is -4.00. The van der Waals surface area contributed by atoms with Crippen molar-refractivity contribution < 1.29 is 26.4 Å². The van der Waals surface area contributed by atoms with Gasteiger partial charge in [-0.2, -0.15) is 0 Å². The average Bonchev–Trinajstić information content (AvgIpc) is 3.51. The summed E-state index contributed by atoms with van der Waals surface area (Å²) in [6, 6.07) is 8.10. The Morgan fingerprint density at radius 2 is 1.91 bits per heavy atom. The van der Waals surface area contributed by atoms with Gasteiger partial charge < -0.3 is 4.90 Å². The molecule has 2 aromatic rings. The first-order chi connectivity index (χ1) is 15.0. The molecule has 1 heterocycles. The van der Waals surface area contributed by atoms with Crippen LogP contribution >= 0.6 is 11.6 Å². The third kappa shape index (κ3) is 4.79. The minimum atomic E-state index is -4.00. The van der Waals surface area contributed by atoms with Crippen molar-refractivity contribution in [1.29, 1.82) is 0 Å². The molecule has 2 atom stereocenters. The molecule has 1 aliphatic heterocycles. The zero-order valence-electron chi connectivity index (χ0n) is 17.2. The number of carbonyl (C=O) groups excluding carboxylic acids is 1. The van der Waals surface area contributed by atoms with Gasteiger partial charge in [-0.15, -0.1) is 0 Å². The van der Waals surface area contributed by atoms with Gasteiger partial charge >= 0.3 is 0 Å². The highest BCUT2D eigenvalue weighted by molar-refractivity contribution is 7.88. The van der Waals surface area contributed by atoms with E-state index < -0.39 is 46.3 Å². The van der Waals surface area contributed by atoms with Crippen LogP contribution in [0.5, 0.6) is 0 Å². The summed E-state index contributed by atoms with van der Waals surface area (Å²) in [5.74, 6) is -4.90. The van der Waals surface area contributed by atoms with Crippen LogP contribution in [0.3, 0.4) is 0 Å². The average molecular weight is 487 g/mol. The first kappa shape index (κ1) is 23.1. The van der Waals surface area contributed by atoms with Gasteiger partial charge in [-0.1, -0.05) is 41.9 Å². The second-order valence-electron chi connectivity index (χ2n) is 8.43. The molecule has 0 spiro atoms. The van der Waals surface area contributed by atoms with E-state index in [2.05, 4.69) is 0 Å². The van der Waals surface area contributed by atoms with Crippen molar-refractivity contribution in [3.05, 3.63) is 58.9 Å². The van der Waals surface area contributed by atoms with E-state index >= 15 is 4.39 Å². The van der Waals surface area contributed by atoms with Gasteiger partial charge in [-0.25, -0.2) is 26.3 Å². The first-order valence-electron chi connectivity index (χ1n) is 10.2. The van der Waals surface area contributed by atoms with Crippen LogP contribution in [-0.4, -0.2) is 50.0 Å². The van der Waals surface area contributed by atoms with Crippen molar-refractivity contribution in [3.63, 3.8) is 0 Å². The van der Waals surface area contributed by atoms with Gasteiger partial charge in [0.1, 0.15) is 11.9 Å². The molecule has 0 radical (unpaired) electrons. The summed E-state index contributed by atoms with van der Waals surface area (Å²) in [4.78, 5) is 13.7. The second kappa shape index (κ2) is 8.35. The monoisotopic (exact) mass is 486 g/mol. The van der Waals surface area contributed by atoms with E-state index in [9.17, 15) is 22.0 Å². The summed E-state index contributed by atoms with van der Waals surface area (Å²) < 4.78 is 70.7. The van der Waals surface area contributed by atoms with Crippen molar-refractivity contribution in [1.82, 2.24) is 9.62 Å². The Labute approximate surface area is 189 Å². The zero-order valence-corrected chi connectivity index (χ0v) is 18.8. The van der Waals surface area contributed by atoms with Crippen molar-refractivity contribution in [2.24, 2.45) is 5.92 Å². The maximum absolute atomic E-state index is 15.4. The third-order valence-electron chi connectivity index (χ3n) is 5.82. The quantitative estimate of drug-likeness (QED) is 0.674. The standard InChI is InChI=1S/C22H22ClF3N2O3S/c1-32(30,31)27-20-18(28(12-22(20,25)26)21(29)13-8-9-13)11-15-5-3-7-17(19(15)24)14-4-2-6-16(23)10-14/h2-7,10,13,18,20,27H,8-9,11-12H2,1H3/t18-,20+/m0/s1. The summed E-state index contributed by atoms with van der Waals surface area (Å²) in [6.07, 6.45) is 1.74. The van der Waals surface area contributed by atoms with E-state index in [-0.39, 0.29) is 23.5 Å². The van der Waals surface area contributed by atoms with Crippen molar-refractivity contribution in [2.75, 3.05) is 12.8 Å². The van der Waals surface area contributed by atoms with Crippen LogP contribution in [0.15, 0.2) is 42.5 Å². The van der Waals surface area contributed by atoms with Gasteiger partial charge in [0, 0.05) is 16.5 Å². The molecule has 172 valence electrons. The summed E-state index contributed by atoms with van der Waals surface area (Å²) >= 11 is 6.01. The van der Waals surface area contributed by atoms with Crippen molar-refractivity contribution in [3.8, 4) is 11.1 Å². The van der Waals surface area contributed by atoms with Gasteiger partial charge in [-0.3, -0.25) is 4.79 Å². The van der Waals surface area contributed by atoms with E-state index in [1.165, 1.54) is 6.07 Å². The number of rotatable bonds is 6. The van der Waals surface area contributed by atoms with E-state index in [1.807, 2.05) is 4.72 Å². The third-order valence-corrected chi connectivity index (χ3v) is 6.73. The van der Waals surface area contributed by atoms with Crippen LogP contribution in [0.25, 0.3) is 11.1 Å². The highest BCUT2D eigenvalue weighted by Crippen LogP contribution is 2.40. The van der Waals surface area contributed by atoms with Crippen LogP contribution in [0.4, 0.5) is 13.2 Å². The summed E-state index contributed by atoms with van der Waals surface area (Å²) in [5.41, 5.74) is 0.867. The molecule has 2 aromatic carbocycles. The Morgan fingerprint density at radius 1 is 1.22 bits per heavy atom. The Morgan fingerprint density at radius 3 is 2.53 bits per heavy atom. The molecule has 32 heavy (non-hydrogen) atoms. The number of benzene rings is 2. The van der Waals surface area contributed by atoms with Gasteiger partial charge in [0.25, 0.3) is 5.92 Å². The molecule has 1 saturated carbocycles. The summed E-state index contributed by atoms with van der Waals surface area (Å²) in [6.45, 7) is -0.907. The Hall–Kier alpha value is -2.10. The SMILES string of the molecule is CS(=O)(=O)N[C@@H]1[C@H](Cc2cccc(-c3cccc(Cl)c3)c2F)N(C(=O)C2CC2)CC1(F)F. The highest BCUT2D eigenvalue weighted by atomic mass is 35.5. The largest absolute Gasteiger partial charge is 0.331 e. The lowest BCUT2D eigenvalue weighted by molar-refractivity contribution is -0.134. The number of sulfonamides is 1. The molecule has 5 nitrogen and oxygen atoms in total. The lowest BCUT2D eigenvalue weighted by Gasteiger charge is -2.28. The van der Waals surface area contributed by atoms with Crippen LogP contribution in [0.1, 0.15) is 18.4 Å². The molecule has 0 unspecified atom stereocenters. The number of hydrogen-bond donors (Lipinski definition) is 1. The molecule has 1 amide bonds. The lowest BCUT2D eigenvalue weighted by Crippen LogP contribution is -2.52. The molecule has 1 aliphatic carbocycles. The number of nitrogens with one attached hydrogen (secondary N) is 1. The maximum atomic E-state index is 15.4. The fourth-order valence-corrected chi connectivity index (χ4v) is 5.16. The minimum absolute atomic E-state index is 0.110. The minimum Gasteiger partial charge on any atom is -0.331 e. The number of amides is 1. The summed E-state index contributed by atoms with van der Waals surface area (Å²) in [5, 5.41) is 0.418. The van der Waals surface area contributed by atoms with Gasteiger partial charge in [0.2, 0.25) is 15.9 Å².